The van der Waals surface area contributed by atoms with Gasteiger partial charge in [0.15, 0.2) is 0 Å². The van der Waals surface area contributed by atoms with Crippen LogP contribution >= 0.6 is 0 Å². The lowest BCUT2D eigenvalue weighted by molar-refractivity contribution is 0.0601. The summed E-state index contributed by atoms with van der Waals surface area (Å²) in [6.07, 6.45) is 5.79. The van der Waals surface area contributed by atoms with Crippen LogP contribution in [0, 0.1) is 5.92 Å². The number of nitrogens with zero attached hydrogens (tertiary/aromatic N) is 2. The van der Waals surface area contributed by atoms with E-state index in [1.807, 2.05) is 12.1 Å². The van der Waals surface area contributed by atoms with Crippen LogP contribution in [-0.4, -0.2) is 44.0 Å². The molecule has 2 rings (SSSR count). The van der Waals surface area contributed by atoms with Gasteiger partial charge in [0, 0.05) is 38.6 Å². The standard InChI is InChI=1S/C16H27N3O3S/c1-13(2)11-16(14-5-4-8-17-12-14)18-23(20,21)19-9-6-15(22-3)7-10-19/h4-5,8,12-13,15-16,18H,6-7,9-11H2,1-3H3/t16-/m1/s1. The second-order valence-corrected chi connectivity index (χ2v) is 8.13. The minimum absolute atomic E-state index is 0.159. The highest BCUT2D eigenvalue weighted by Crippen LogP contribution is 2.23. The summed E-state index contributed by atoms with van der Waals surface area (Å²) in [6, 6.07) is 3.50. The maximum absolute atomic E-state index is 12.7. The zero-order valence-electron chi connectivity index (χ0n) is 14.1. The minimum Gasteiger partial charge on any atom is -0.381 e. The van der Waals surface area contributed by atoms with Crippen molar-refractivity contribution in [3.8, 4) is 0 Å². The molecule has 0 bridgehead atoms. The van der Waals surface area contributed by atoms with Crippen LogP contribution in [0.15, 0.2) is 24.5 Å². The fraction of sp³-hybridized carbons (Fsp3) is 0.688. The second-order valence-electron chi connectivity index (χ2n) is 6.43. The average molecular weight is 341 g/mol. The summed E-state index contributed by atoms with van der Waals surface area (Å²) in [4.78, 5) is 4.11. The molecule has 1 aromatic heterocycles. The molecule has 0 aliphatic carbocycles. The maximum atomic E-state index is 12.7. The van der Waals surface area contributed by atoms with Crippen molar-refractivity contribution < 1.29 is 13.2 Å². The Hall–Kier alpha value is -1.02. The predicted molar refractivity (Wildman–Crippen MR) is 90.1 cm³/mol. The highest BCUT2D eigenvalue weighted by atomic mass is 32.2. The van der Waals surface area contributed by atoms with E-state index >= 15 is 0 Å². The first-order valence-corrected chi connectivity index (χ1v) is 9.56. The quantitative estimate of drug-likeness (QED) is 0.824. The number of piperidine rings is 1. The second kappa shape index (κ2) is 8.19. The molecule has 1 aliphatic heterocycles. The van der Waals surface area contributed by atoms with Crippen molar-refractivity contribution in [2.24, 2.45) is 5.92 Å². The SMILES string of the molecule is COC1CCN(S(=O)(=O)N[C@H](CC(C)C)c2cccnc2)CC1. The lowest BCUT2D eigenvalue weighted by Crippen LogP contribution is -2.47. The Balaban J connectivity index is 2.09. The molecule has 0 amide bonds. The van der Waals surface area contributed by atoms with Crippen molar-refractivity contribution in [1.82, 2.24) is 14.0 Å². The van der Waals surface area contributed by atoms with Gasteiger partial charge in [0.25, 0.3) is 10.2 Å². The molecule has 1 N–H and O–H groups in total. The molecule has 0 spiro atoms. The number of methoxy groups -OCH3 is 1. The number of hydrogen-bond donors (Lipinski definition) is 1. The van der Waals surface area contributed by atoms with Gasteiger partial charge >= 0.3 is 0 Å². The number of aromatic nitrogens is 1. The van der Waals surface area contributed by atoms with Crippen molar-refractivity contribution in [2.45, 2.75) is 45.3 Å². The number of pyridine rings is 1. The summed E-state index contributed by atoms with van der Waals surface area (Å²) >= 11 is 0. The van der Waals surface area contributed by atoms with Crippen LogP contribution in [0.1, 0.15) is 44.7 Å². The number of hydrogen-bond acceptors (Lipinski definition) is 4. The third kappa shape index (κ3) is 5.24. The van der Waals surface area contributed by atoms with Gasteiger partial charge < -0.3 is 4.74 Å². The van der Waals surface area contributed by atoms with Crippen LogP contribution in [-0.2, 0) is 14.9 Å². The predicted octanol–water partition coefficient (Wildman–Crippen LogP) is 2.11. The largest absolute Gasteiger partial charge is 0.381 e. The van der Waals surface area contributed by atoms with Gasteiger partial charge in [0.2, 0.25) is 0 Å². The topological polar surface area (TPSA) is 71.5 Å². The number of nitrogens with one attached hydrogen (secondary N) is 1. The lowest BCUT2D eigenvalue weighted by Gasteiger charge is -2.32. The Labute approximate surface area is 139 Å². The van der Waals surface area contributed by atoms with E-state index in [1.54, 1.807) is 19.5 Å². The first-order chi connectivity index (χ1) is 10.9. The van der Waals surface area contributed by atoms with Crippen molar-refractivity contribution >= 4 is 10.2 Å². The first-order valence-electron chi connectivity index (χ1n) is 8.12. The van der Waals surface area contributed by atoms with E-state index in [0.29, 0.717) is 19.0 Å². The molecule has 2 heterocycles. The zero-order valence-corrected chi connectivity index (χ0v) is 14.9. The number of rotatable bonds is 7. The van der Waals surface area contributed by atoms with Gasteiger partial charge in [-0.3, -0.25) is 4.98 Å². The monoisotopic (exact) mass is 341 g/mol. The van der Waals surface area contributed by atoms with E-state index < -0.39 is 10.2 Å². The van der Waals surface area contributed by atoms with Crippen LogP contribution in [0.5, 0.6) is 0 Å². The third-order valence-electron chi connectivity index (χ3n) is 4.16. The first kappa shape index (κ1) is 18.3. The van der Waals surface area contributed by atoms with Crippen molar-refractivity contribution in [3.05, 3.63) is 30.1 Å². The Morgan fingerprint density at radius 2 is 2.09 bits per heavy atom. The molecule has 130 valence electrons. The Kier molecular flexibility index (Phi) is 6.52. The highest BCUT2D eigenvalue weighted by molar-refractivity contribution is 7.87. The lowest BCUT2D eigenvalue weighted by atomic mass is 9.99. The average Bonchev–Trinajstić information content (AvgIpc) is 2.54. The van der Waals surface area contributed by atoms with Gasteiger partial charge in [-0.25, -0.2) is 0 Å². The molecule has 1 saturated heterocycles. The third-order valence-corrected chi connectivity index (χ3v) is 5.79. The molecule has 23 heavy (non-hydrogen) atoms. The van der Waals surface area contributed by atoms with E-state index in [0.717, 1.165) is 24.8 Å². The smallest absolute Gasteiger partial charge is 0.280 e. The van der Waals surface area contributed by atoms with E-state index in [4.69, 9.17) is 4.74 Å². The molecule has 6 nitrogen and oxygen atoms in total. The molecule has 0 aromatic carbocycles. The molecule has 1 atom stereocenters. The molecule has 7 heteroatoms. The highest BCUT2D eigenvalue weighted by Gasteiger charge is 2.30. The summed E-state index contributed by atoms with van der Waals surface area (Å²) in [5.41, 5.74) is 0.900. The Bertz CT molecular complexity index is 569. The molecule has 0 saturated carbocycles. The van der Waals surface area contributed by atoms with Crippen molar-refractivity contribution in [3.63, 3.8) is 0 Å². The summed E-state index contributed by atoms with van der Waals surface area (Å²) in [5.74, 6) is 0.377. The summed E-state index contributed by atoms with van der Waals surface area (Å²) < 4.78 is 35.1. The summed E-state index contributed by atoms with van der Waals surface area (Å²) in [5, 5.41) is 0. The molecule has 0 unspecified atom stereocenters. The normalized spacial score (nSPS) is 19.1. The van der Waals surface area contributed by atoms with Gasteiger partial charge in [-0.05, 0) is 36.8 Å². The van der Waals surface area contributed by atoms with Crippen LogP contribution in [0.3, 0.4) is 0 Å². The summed E-state index contributed by atoms with van der Waals surface area (Å²) in [6.45, 7) is 5.16. The minimum atomic E-state index is -3.51. The van der Waals surface area contributed by atoms with Crippen LogP contribution < -0.4 is 4.72 Å². The van der Waals surface area contributed by atoms with Gasteiger partial charge in [-0.2, -0.15) is 17.4 Å². The van der Waals surface area contributed by atoms with Crippen molar-refractivity contribution in [1.29, 1.82) is 0 Å². The van der Waals surface area contributed by atoms with Gasteiger partial charge in [0.05, 0.1) is 6.10 Å². The van der Waals surface area contributed by atoms with Gasteiger partial charge in [0.1, 0.15) is 0 Å². The van der Waals surface area contributed by atoms with E-state index in [-0.39, 0.29) is 12.1 Å². The van der Waals surface area contributed by atoms with Crippen molar-refractivity contribution in [2.75, 3.05) is 20.2 Å². The van der Waals surface area contributed by atoms with E-state index in [2.05, 4.69) is 23.6 Å². The molecular formula is C16H27N3O3S. The fourth-order valence-electron chi connectivity index (χ4n) is 2.87. The van der Waals surface area contributed by atoms with Gasteiger partial charge in [-0.1, -0.05) is 19.9 Å². The maximum Gasteiger partial charge on any atom is 0.280 e. The van der Waals surface area contributed by atoms with Gasteiger partial charge in [-0.15, -0.1) is 0 Å². The van der Waals surface area contributed by atoms with Crippen LogP contribution in [0.4, 0.5) is 0 Å². The van der Waals surface area contributed by atoms with Crippen LogP contribution in [0.25, 0.3) is 0 Å². The molecule has 1 aliphatic rings. The van der Waals surface area contributed by atoms with E-state index in [9.17, 15) is 8.42 Å². The fourth-order valence-corrected chi connectivity index (χ4v) is 4.30. The molecule has 0 radical (unpaired) electrons. The van der Waals surface area contributed by atoms with E-state index in [1.165, 1.54) is 4.31 Å². The Morgan fingerprint density at radius 3 is 2.61 bits per heavy atom. The zero-order chi connectivity index (χ0) is 16.9. The number of ether oxygens (including phenoxy) is 1. The summed E-state index contributed by atoms with van der Waals surface area (Å²) in [7, 11) is -1.83. The molecular weight excluding hydrogens is 314 g/mol. The Morgan fingerprint density at radius 1 is 1.39 bits per heavy atom. The molecule has 1 fully saturated rings. The molecule has 1 aromatic rings. The van der Waals surface area contributed by atoms with Crippen LogP contribution in [0.2, 0.25) is 0 Å².